The highest BCUT2D eigenvalue weighted by molar-refractivity contribution is 5.21. The predicted molar refractivity (Wildman–Crippen MR) is 86.4 cm³/mol. The molecule has 118 valence electrons. The van der Waals surface area contributed by atoms with Crippen molar-refractivity contribution in [3.63, 3.8) is 0 Å². The van der Waals surface area contributed by atoms with Gasteiger partial charge in [-0.3, -0.25) is 4.90 Å². The molecular weight excluding hydrogens is 274 g/mol. The fraction of sp³-hybridized carbons (Fsp3) is 0.579. The Morgan fingerprint density at radius 1 is 1.05 bits per heavy atom. The molecule has 1 aromatic rings. The Morgan fingerprint density at radius 2 is 1.86 bits per heavy atom. The molecule has 4 rings (SSSR count). The van der Waals surface area contributed by atoms with Gasteiger partial charge in [0.1, 0.15) is 0 Å². The highest BCUT2D eigenvalue weighted by atomic mass is 16.7. The van der Waals surface area contributed by atoms with Crippen molar-refractivity contribution in [2.75, 3.05) is 13.2 Å². The van der Waals surface area contributed by atoms with Gasteiger partial charge in [0.15, 0.2) is 6.29 Å². The van der Waals surface area contributed by atoms with Gasteiger partial charge in [0.2, 0.25) is 0 Å². The van der Waals surface area contributed by atoms with Gasteiger partial charge < -0.3 is 9.47 Å². The monoisotopic (exact) mass is 299 g/mol. The lowest BCUT2D eigenvalue weighted by Gasteiger charge is -2.34. The fourth-order valence-corrected chi connectivity index (χ4v) is 4.11. The first-order valence-electron chi connectivity index (χ1n) is 8.61. The maximum atomic E-state index is 5.55. The van der Waals surface area contributed by atoms with Crippen LogP contribution in [0.1, 0.15) is 37.7 Å². The molecule has 0 spiro atoms. The van der Waals surface area contributed by atoms with Crippen LogP contribution in [0.3, 0.4) is 0 Å². The van der Waals surface area contributed by atoms with E-state index in [4.69, 9.17) is 9.47 Å². The van der Waals surface area contributed by atoms with Crippen molar-refractivity contribution in [2.24, 2.45) is 0 Å². The van der Waals surface area contributed by atoms with Crippen LogP contribution in [0.5, 0.6) is 0 Å². The Balaban J connectivity index is 1.37. The molecule has 3 heteroatoms. The van der Waals surface area contributed by atoms with Crippen molar-refractivity contribution in [2.45, 2.75) is 57.0 Å². The summed E-state index contributed by atoms with van der Waals surface area (Å²) >= 11 is 0. The summed E-state index contributed by atoms with van der Waals surface area (Å²) in [6, 6.07) is 12.2. The Bertz CT molecular complexity index is 521. The number of benzene rings is 1. The summed E-state index contributed by atoms with van der Waals surface area (Å²) in [5.41, 5.74) is 3.06. The van der Waals surface area contributed by atoms with Crippen LogP contribution in [0, 0.1) is 0 Å². The molecule has 2 bridgehead atoms. The molecule has 0 radical (unpaired) electrons. The first kappa shape index (κ1) is 14.4. The second-order valence-corrected chi connectivity index (χ2v) is 6.70. The summed E-state index contributed by atoms with van der Waals surface area (Å²) in [7, 11) is 0. The average Bonchev–Trinajstić information content (AvgIpc) is 3.13. The molecule has 0 N–H and O–H groups in total. The summed E-state index contributed by atoms with van der Waals surface area (Å²) in [6.45, 7) is 2.62. The first-order valence-corrected chi connectivity index (χ1v) is 8.61. The zero-order valence-corrected chi connectivity index (χ0v) is 13.1. The van der Waals surface area contributed by atoms with Crippen LogP contribution >= 0.6 is 0 Å². The molecule has 2 fully saturated rings. The summed E-state index contributed by atoms with van der Waals surface area (Å²) in [5.74, 6) is 0. The topological polar surface area (TPSA) is 21.7 Å². The van der Waals surface area contributed by atoms with Crippen molar-refractivity contribution in [1.82, 2.24) is 4.90 Å². The van der Waals surface area contributed by atoms with E-state index in [0.29, 0.717) is 6.04 Å². The summed E-state index contributed by atoms with van der Waals surface area (Å²) < 4.78 is 11.1. The van der Waals surface area contributed by atoms with Crippen molar-refractivity contribution >= 4 is 0 Å². The van der Waals surface area contributed by atoms with E-state index in [2.05, 4.69) is 41.3 Å². The van der Waals surface area contributed by atoms with Crippen LogP contribution in [-0.2, 0) is 16.0 Å². The lowest BCUT2D eigenvalue weighted by molar-refractivity contribution is -0.0464. The van der Waals surface area contributed by atoms with Gasteiger partial charge in [0.25, 0.3) is 0 Å². The van der Waals surface area contributed by atoms with E-state index in [1.54, 1.807) is 5.57 Å². The van der Waals surface area contributed by atoms with Gasteiger partial charge in [0.05, 0.1) is 13.2 Å². The van der Waals surface area contributed by atoms with Crippen LogP contribution in [0.2, 0.25) is 0 Å². The SMILES string of the molecule is C1=C(CCC2OCCO2)CC2CCC1N2Cc1ccccc1. The maximum Gasteiger partial charge on any atom is 0.158 e. The molecule has 22 heavy (non-hydrogen) atoms. The zero-order valence-electron chi connectivity index (χ0n) is 13.1. The Morgan fingerprint density at radius 3 is 2.64 bits per heavy atom. The number of ether oxygens (including phenoxy) is 2. The third-order valence-corrected chi connectivity index (χ3v) is 5.22. The van der Waals surface area contributed by atoms with Gasteiger partial charge in [-0.15, -0.1) is 0 Å². The van der Waals surface area contributed by atoms with E-state index in [-0.39, 0.29) is 6.29 Å². The Labute approximate surface area is 132 Å². The number of fused-ring (bicyclic) bond motifs is 2. The molecular formula is C19H25NO2. The molecule has 2 atom stereocenters. The van der Waals surface area contributed by atoms with E-state index < -0.39 is 0 Å². The lowest BCUT2D eigenvalue weighted by Crippen LogP contribution is -2.38. The fourth-order valence-electron chi connectivity index (χ4n) is 4.11. The molecule has 3 aliphatic rings. The molecule has 2 saturated heterocycles. The molecule has 2 unspecified atom stereocenters. The number of hydrogen-bond donors (Lipinski definition) is 0. The van der Waals surface area contributed by atoms with E-state index in [1.165, 1.54) is 24.8 Å². The second-order valence-electron chi connectivity index (χ2n) is 6.70. The van der Waals surface area contributed by atoms with Crippen LogP contribution in [0.25, 0.3) is 0 Å². The quantitative estimate of drug-likeness (QED) is 0.777. The highest BCUT2D eigenvalue weighted by Gasteiger charge is 2.36. The molecule has 0 aromatic heterocycles. The maximum absolute atomic E-state index is 5.55. The van der Waals surface area contributed by atoms with E-state index >= 15 is 0 Å². The molecule has 3 heterocycles. The number of hydrogen-bond acceptors (Lipinski definition) is 3. The first-order chi connectivity index (χ1) is 10.9. The molecule has 0 aliphatic carbocycles. The van der Waals surface area contributed by atoms with Crippen molar-refractivity contribution in [3.05, 3.63) is 47.5 Å². The van der Waals surface area contributed by atoms with Crippen LogP contribution in [-0.4, -0.2) is 36.5 Å². The van der Waals surface area contributed by atoms with Crippen LogP contribution < -0.4 is 0 Å². The highest BCUT2D eigenvalue weighted by Crippen LogP contribution is 2.37. The lowest BCUT2D eigenvalue weighted by atomic mass is 9.96. The van der Waals surface area contributed by atoms with Crippen molar-refractivity contribution in [1.29, 1.82) is 0 Å². The van der Waals surface area contributed by atoms with Gasteiger partial charge in [-0.2, -0.15) is 0 Å². The average molecular weight is 299 g/mol. The zero-order chi connectivity index (χ0) is 14.8. The second kappa shape index (κ2) is 6.53. The van der Waals surface area contributed by atoms with Crippen molar-refractivity contribution in [3.8, 4) is 0 Å². The Kier molecular flexibility index (Phi) is 4.28. The van der Waals surface area contributed by atoms with Gasteiger partial charge in [-0.05, 0) is 31.2 Å². The van der Waals surface area contributed by atoms with Crippen molar-refractivity contribution < 1.29 is 9.47 Å². The summed E-state index contributed by atoms with van der Waals surface area (Å²) in [4.78, 5) is 2.70. The minimum atomic E-state index is 0.0425. The largest absolute Gasteiger partial charge is 0.350 e. The molecule has 0 saturated carbocycles. The smallest absolute Gasteiger partial charge is 0.158 e. The summed E-state index contributed by atoms with van der Waals surface area (Å²) in [5, 5.41) is 0. The molecule has 3 aliphatic heterocycles. The number of rotatable bonds is 5. The molecule has 1 aromatic carbocycles. The summed E-state index contributed by atoms with van der Waals surface area (Å²) in [6.07, 6.45) is 8.62. The normalized spacial score (nSPS) is 29.0. The Hall–Kier alpha value is -1.16. The van der Waals surface area contributed by atoms with Gasteiger partial charge in [-0.25, -0.2) is 0 Å². The molecule has 3 nitrogen and oxygen atoms in total. The van der Waals surface area contributed by atoms with Crippen LogP contribution in [0.15, 0.2) is 42.0 Å². The van der Waals surface area contributed by atoms with E-state index in [1.807, 2.05) is 0 Å². The predicted octanol–water partition coefficient (Wildman–Crippen LogP) is 3.50. The van der Waals surface area contributed by atoms with Gasteiger partial charge in [0, 0.05) is 25.0 Å². The van der Waals surface area contributed by atoms with E-state index in [9.17, 15) is 0 Å². The third kappa shape index (κ3) is 3.12. The van der Waals surface area contributed by atoms with Gasteiger partial charge in [-0.1, -0.05) is 42.0 Å². The van der Waals surface area contributed by atoms with Gasteiger partial charge >= 0.3 is 0 Å². The third-order valence-electron chi connectivity index (χ3n) is 5.22. The molecule has 0 amide bonds. The van der Waals surface area contributed by atoms with Crippen LogP contribution in [0.4, 0.5) is 0 Å². The van der Waals surface area contributed by atoms with E-state index in [0.717, 1.165) is 38.6 Å². The minimum Gasteiger partial charge on any atom is -0.350 e. The minimum absolute atomic E-state index is 0.0425. The number of nitrogens with zero attached hydrogens (tertiary/aromatic N) is 1. The standard InChI is InChI=1S/C19H25NO2/c1-2-4-15(5-3-1)14-20-17-7-8-18(20)13-16(12-17)6-9-19-21-10-11-22-19/h1-5,12,17-19H,6-11,13-14H2.